The van der Waals surface area contributed by atoms with E-state index in [-0.39, 0.29) is 0 Å². The van der Waals surface area contributed by atoms with E-state index in [1.165, 1.54) is 19.6 Å². The Morgan fingerprint density at radius 2 is 1.81 bits per heavy atom. The van der Waals surface area contributed by atoms with Crippen molar-refractivity contribution in [3.8, 4) is 0 Å². The van der Waals surface area contributed by atoms with Crippen molar-refractivity contribution in [1.82, 2.24) is 14.8 Å². The molecule has 2 saturated heterocycles. The number of ether oxygens (including phenoxy) is 1. The van der Waals surface area contributed by atoms with Gasteiger partial charge in [0.2, 0.25) is 0 Å². The number of nitrogens with zero attached hydrogens (tertiary/aromatic N) is 3. The molecule has 2 N–H and O–H groups in total. The molecule has 2 aliphatic rings. The number of morpholine rings is 1. The molecule has 0 saturated carbocycles. The first kappa shape index (κ1) is 12.3. The summed E-state index contributed by atoms with van der Waals surface area (Å²) < 4.78 is 5.73. The number of hydrogen-bond donors (Lipinski definition) is 1. The molecule has 94 valence electrons. The van der Waals surface area contributed by atoms with Gasteiger partial charge >= 0.3 is 0 Å². The maximum Gasteiger partial charge on any atom is 0.0843 e. The van der Waals surface area contributed by atoms with E-state index in [9.17, 15) is 0 Å². The Morgan fingerprint density at radius 1 is 1.12 bits per heavy atom. The first-order valence-electron chi connectivity index (χ1n) is 6.34. The molecular weight excluding hydrogens is 204 g/mol. The lowest BCUT2D eigenvalue weighted by Gasteiger charge is -2.38. The molecule has 0 aromatic carbocycles. The molecule has 0 amide bonds. The average Bonchev–Trinajstić information content (AvgIpc) is 2.30. The van der Waals surface area contributed by atoms with E-state index in [4.69, 9.17) is 10.6 Å². The zero-order valence-corrected chi connectivity index (χ0v) is 10.3. The molecule has 2 fully saturated rings. The second kappa shape index (κ2) is 5.93. The van der Waals surface area contributed by atoms with Crippen molar-refractivity contribution in [3.63, 3.8) is 0 Å². The lowest BCUT2D eigenvalue weighted by Crippen LogP contribution is -2.53. The lowest BCUT2D eigenvalue weighted by atomic mass is 10.2. The quantitative estimate of drug-likeness (QED) is 0.641. The van der Waals surface area contributed by atoms with Gasteiger partial charge in [0.15, 0.2) is 0 Å². The van der Waals surface area contributed by atoms with Crippen LogP contribution in [0.3, 0.4) is 0 Å². The van der Waals surface area contributed by atoms with Crippen LogP contribution in [0.4, 0.5) is 0 Å². The molecule has 16 heavy (non-hydrogen) atoms. The number of nitrogens with two attached hydrogens (primary N) is 1. The first-order valence-corrected chi connectivity index (χ1v) is 6.34. The molecule has 0 radical (unpaired) electrons. The van der Waals surface area contributed by atoms with Gasteiger partial charge in [0.05, 0.1) is 12.7 Å². The average molecular weight is 228 g/mol. The SMILES string of the molecule is CCN1CCN(CC2CN(N)CCO2)CC1. The summed E-state index contributed by atoms with van der Waals surface area (Å²) in [7, 11) is 0. The summed E-state index contributed by atoms with van der Waals surface area (Å²) in [5, 5.41) is 1.87. The molecule has 1 atom stereocenters. The third-order valence-electron chi connectivity index (χ3n) is 3.54. The maximum absolute atomic E-state index is 5.80. The van der Waals surface area contributed by atoms with Gasteiger partial charge in [-0.05, 0) is 6.54 Å². The molecule has 2 heterocycles. The van der Waals surface area contributed by atoms with Crippen LogP contribution in [0, 0.1) is 0 Å². The number of hydrogen-bond acceptors (Lipinski definition) is 5. The van der Waals surface area contributed by atoms with Crippen molar-refractivity contribution in [2.45, 2.75) is 13.0 Å². The van der Waals surface area contributed by atoms with Crippen LogP contribution in [0.2, 0.25) is 0 Å². The summed E-state index contributed by atoms with van der Waals surface area (Å²) in [6, 6.07) is 0. The highest BCUT2D eigenvalue weighted by molar-refractivity contribution is 4.76. The van der Waals surface area contributed by atoms with Crippen LogP contribution < -0.4 is 5.84 Å². The zero-order valence-electron chi connectivity index (χ0n) is 10.3. The smallest absolute Gasteiger partial charge is 0.0843 e. The van der Waals surface area contributed by atoms with E-state index in [2.05, 4.69) is 16.7 Å². The van der Waals surface area contributed by atoms with Gasteiger partial charge in [-0.25, -0.2) is 5.01 Å². The van der Waals surface area contributed by atoms with E-state index >= 15 is 0 Å². The molecule has 0 aliphatic carbocycles. The van der Waals surface area contributed by atoms with Crippen molar-refractivity contribution < 1.29 is 4.74 Å². The summed E-state index contributed by atoms with van der Waals surface area (Å²) in [5.74, 6) is 5.80. The molecule has 0 aromatic heterocycles. The minimum absolute atomic E-state index is 0.298. The summed E-state index contributed by atoms with van der Waals surface area (Å²) >= 11 is 0. The van der Waals surface area contributed by atoms with Gasteiger partial charge in [0.25, 0.3) is 0 Å². The van der Waals surface area contributed by atoms with Gasteiger partial charge < -0.3 is 9.64 Å². The fraction of sp³-hybridized carbons (Fsp3) is 1.00. The van der Waals surface area contributed by atoms with E-state index in [1.54, 1.807) is 0 Å². The van der Waals surface area contributed by atoms with Crippen LogP contribution in [0.15, 0.2) is 0 Å². The topological polar surface area (TPSA) is 45.0 Å². The third kappa shape index (κ3) is 3.40. The molecule has 0 bridgehead atoms. The summed E-state index contributed by atoms with van der Waals surface area (Å²) in [6.07, 6.45) is 0.298. The Kier molecular flexibility index (Phi) is 4.55. The second-order valence-corrected chi connectivity index (χ2v) is 4.72. The Balaban J connectivity index is 1.69. The van der Waals surface area contributed by atoms with Gasteiger partial charge in [-0.15, -0.1) is 0 Å². The van der Waals surface area contributed by atoms with Crippen LogP contribution in [0.25, 0.3) is 0 Å². The highest BCUT2D eigenvalue weighted by atomic mass is 16.5. The number of rotatable bonds is 3. The molecule has 1 unspecified atom stereocenters. The van der Waals surface area contributed by atoms with Crippen molar-refractivity contribution >= 4 is 0 Å². The maximum atomic E-state index is 5.80. The van der Waals surface area contributed by atoms with Gasteiger partial charge in [0.1, 0.15) is 0 Å². The predicted molar refractivity (Wildman–Crippen MR) is 64.1 cm³/mol. The minimum atomic E-state index is 0.298. The molecule has 2 aliphatic heterocycles. The van der Waals surface area contributed by atoms with E-state index < -0.39 is 0 Å². The number of piperazine rings is 1. The Hall–Kier alpha value is -0.200. The van der Waals surface area contributed by atoms with Gasteiger partial charge in [-0.2, -0.15) is 0 Å². The number of likely N-dealkylation sites (N-methyl/N-ethyl adjacent to an activating group) is 1. The van der Waals surface area contributed by atoms with Crippen molar-refractivity contribution in [1.29, 1.82) is 0 Å². The van der Waals surface area contributed by atoms with Crippen LogP contribution in [0.1, 0.15) is 6.92 Å². The molecule has 5 nitrogen and oxygen atoms in total. The molecule has 2 rings (SSSR count). The van der Waals surface area contributed by atoms with Gasteiger partial charge in [-0.3, -0.25) is 10.7 Å². The highest BCUT2D eigenvalue weighted by Crippen LogP contribution is 2.07. The van der Waals surface area contributed by atoms with Gasteiger partial charge in [0, 0.05) is 45.8 Å². The second-order valence-electron chi connectivity index (χ2n) is 4.72. The largest absolute Gasteiger partial charge is 0.374 e. The Labute approximate surface area is 98.1 Å². The van der Waals surface area contributed by atoms with Crippen molar-refractivity contribution in [2.24, 2.45) is 5.84 Å². The monoisotopic (exact) mass is 228 g/mol. The molecular formula is C11H24N4O. The van der Waals surface area contributed by atoms with Crippen LogP contribution in [0.5, 0.6) is 0 Å². The third-order valence-corrected chi connectivity index (χ3v) is 3.54. The molecule has 5 heteroatoms. The van der Waals surface area contributed by atoms with Crippen LogP contribution in [-0.4, -0.2) is 79.9 Å². The minimum Gasteiger partial charge on any atom is -0.374 e. The fourth-order valence-corrected chi connectivity index (χ4v) is 2.43. The van der Waals surface area contributed by atoms with E-state index in [0.29, 0.717) is 6.10 Å². The summed E-state index contributed by atoms with van der Waals surface area (Å²) in [6.45, 7) is 11.6. The Bertz CT molecular complexity index is 206. The molecule has 0 aromatic rings. The highest BCUT2D eigenvalue weighted by Gasteiger charge is 2.23. The van der Waals surface area contributed by atoms with Crippen LogP contribution >= 0.6 is 0 Å². The summed E-state index contributed by atoms with van der Waals surface area (Å²) in [4.78, 5) is 4.99. The predicted octanol–water partition coefficient (Wildman–Crippen LogP) is -0.802. The standard InChI is InChI=1S/C11H24N4O/c1-2-13-3-5-14(6-4-13)9-11-10-15(12)7-8-16-11/h11H,2-10,12H2,1H3. The zero-order chi connectivity index (χ0) is 11.4. The van der Waals surface area contributed by atoms with Crippen LogP contribution in [-0.2, 0) is 4.74 Å². The van der Waals surface area contributed by atoms with Crippen molar-refractivity contribution in [3.05, 3.63) is 0 Å². The fourth-order valence-electron chi connectivity index (χ4n) is 2.43. The van der Waals surface area contributed by atoms with E-state index in [1.807, 2.05) is 5.01 Å². The van der Waals surface area contributed by atoms with E-state index in [0.717, 1.165) is 39.3 Å². The van der Waals surface area contributed by atoms with Gasteiger partial charge in [-0.1, -0.05) is 6.92 Å². The number of hydrazine groups is 1. The first-order chi connectivity index (χ1) is 7.78. The van der Waals surface area contributed by atoms with Crippen molar-refractivity contribution in [2.75, 3.05) is 59.0 Å². The lowest BCUT2D eigenvalue weighted by molar-refractivity contribution is -0.0484. The normalized spacial score (nSPS) is 30.8. The molecule has 0 spiro atoms. The Morgan fingerprint density at radius 3 is 2.44 bits per heavy atom. The summed E-state index contributed by atoms with van der Waals surface area (Å²) in [5.41, 5.74) is 0.